The van der Waals surface area contributed by atoms with Crippen molar-refractivity contribution in [2.45, 2.75) is 31.2 Å². The maximum absolute atomic E-state index is 13.6. The number of sulfonamides is 1. The van der Waals surface area contributed by atoms with Gasteiger partial charge in [0, 0.05) is 7.05 Å². The molecule has 1 N–H and O–H groups in total. The van der Waals surface area contributed by atoms with E-state index in [-0.39, 0.29) is 6.42 Å². The molecule has 0 radical (unpaired) electrons. The Labute approximate surface area is 111 Å². The molecule has 0 aromatic heterocycles. The second kappa shape index (κ2) is 5.66. The molecule has 1 rings (SSSR count). The molecule has 19 heavy (non-hydrogen) atoms. The lowest BCUT2D eigenvalue weighted by Gasteiger charge is -2.23. The molecule has 0 saturated carbocycles. The largest absolute Gasteiger partial charge is 0.480 e. The molecule has 0 spiro atoms. The quantitative estimate of drug-likeness (QED) is 0.893. The molecule has 0 bridgehead atoms. The monoisotopic (exact) mass is 289 g/mol. The second-order valence-electron chi connectivity index (χ2n) is 4.22. The van der Waals surface area contributed by atoms with Gasteiger partial charge in [-0.2, -0.15) is 4.31 Å². The topological polar surface area (TPSA) is 74.7 Å². The van der Waals surface area contributed by atoms with Crippen LogP contribution in [0.1, 0.15) is 18.9 Å². The van der Waals surface area contributed by atoms with Gasteiger partial charge in [0.2, 0.25) is 10.0 Å². The molecule has 0 aliphatic heterocycles. The zero-order valence-electron chi connectivity index (χ0n) is 10.9. The summed E-state index contributed by atoms with van der Waals surface area (Å²) in [4.78, 5) is 10.5. The standard InChI is InChI=1S/C12H16FNO4S/c1-4-10(12(15)16)14(3)19(17,18)11-7-8(2)5-6-9(11)13/h5-7,10H,4H2,1-3H3,(H,15,16). The van der Waals surface area contributed by atoms with Crippen molar-refractivity contribution in [3.8, 4) is 0 Å². The zero-order chi connectivity index (χ0) is 14.8. The summed E-state index contributed by atoms with van der Waals surface area (Å²) in [5.74, 6) is -2.15. The Morgan fingerprint density at radius 1 is 1.47 bits per heavy atom. The normalized spacial score (nSPS) is 13.5. The predicted molar refractivity (Wildman–Crippen MR) is 67.8 cm³/mol. The molecule has 5 nitrogen and oxygen atoms in total. The first kappa shape index (κ1) is 15.6. The summed E-state index contributed by atoms with van der Waals surface area (Å²) in [5.41, 5.74) is 0.580. The third-order valence-corrected chi connectivity index (χ3v) is 4.74. The van der Waals surface area contributed by atoms with E-state index >= 15 is 0 Å². The highest BCUT2D eigenvalue weighted by Gasteiger charge is 2.33. The predicted octanol–water partition coefficient (Wildman–Crippen LogP) is 1.62. The van der Waals surface area contributed by atoms with Gasteiger partial charge in [0.05, 0.1) is 0 Å². The zero-order valence-corrected chi connectivity index (χ0v) is 11.7. The highest BCUT2D eigenvalue weighted by atomic mass is 32.2. The fraction of sp³-hybridized carbons (Fsp3) is 0.417. The van der Waals surface area contributed by atoms with Crippen LogP contribution >= 0.6 is 0 Å². The van der Waals surface area contributed by atoms with Crippen LogP contribution in [0.25, 0.3) is 0 Å². The van der Waals surface area contributed by atoms with Crippen LogP contribution in [0.5, 0.6) is 0 Å². The summed E-state index contributed by atoms with van der Waals surface area (Å²) in [7, 11) is -3.03. The van der Waals surface area contributed by atoms with E-state index in [0.717, 1.165) is 13.1 Å². The van der Waals surface area contributed by atoms with Crippen molar-refractivity contribution in [1.82, 2.24) is 4.31 Å². The van der Waals surface area contributed by atoms with Crippen LogP contribution in [0, 0.1) is 12.7 Å². The summed E-state index contributed by atoms with van der Waals surface area (Å²) in [6.45, 7) is 3.18. The first-order chi connectivity index (χ1) is 8.71. The number of carboxylic acid groups (broad SMARTS) is 1. The number of aliphatic carboxylic acids is 1. The summed E-state index contributed by atoms with van der Waals surface area (Å²) in [5, 5.41) is 8.98. The molecule has 0 aliphatic carbocycles. The van der Waals surface area contributed by atoms with Gasteiger partial charge in [-0.25, -0.2) is 12.8 Å². The molecule has 0 aliphatic rings. The van der Waals surface area contributed by atoms with Crippen molar-refractivity contribution >= 4 is 16.0 Å². The molecule has 0 amide bonds. The summed E-state index contributed by atoms with van der Waals surface area (Å²) in [6.07, 6.45) is 0.0957. The van der Waals surface area contributed by atoms with Gasteiger partial charge in [-0.15, -0.1) is 0 Å². The van der Waals surface area contributed by atoms with E-state index in [2.05, 4.69) is 0 Å². The second-order valence-corrected chi connectivity index (χ2v) is 6.18. The van der Waals surface area contributed by atoms with E-state index in [1.54, 1.807) is 13.8 Å². The number of carbonyl (C=O) groups is 1. The Balaban J connectivity index is 3.31. The molecule has 0 fully saturated rings. The number of likely N-dealkylation sites (N-methyl/N-ethyl adjacent to an activating group) is 1. The molecule has 1 unspecified atom stereocenters. The number of halogens is 1. The Morgan fingerprint density at radius 3 is 2.53 bits per heavy atom. The van der Waals surface area contributed by atoms with Gasteiger partial charge in [-0.05, 0) is 31.0 Å². The van der Waals surface area contributed by atoms with Crippen LogP contribution in [-0.4, -0.2) is 36.9 Å². The SMILES string of the molecule is CCC(C(=O)O)N(C)S(=O)(=O)c1cc(C)ccc1F. The van der Waals surface area contributed by atoms with E-state index in [4.69, 9.17) is 5.11 Å². The highest BCUT2D eigenvalue weighted by molar-refractivity contribution is 7.89. The van der Waals surface area contributed by atoms with Crippen molar-refractivity contribution in [2.24, 2.45) is 0 Å². The average Bonchev–Trinajstić information content (AvgIpc) is 2.32. The van der Waals surface area contributed by atoms with Crippen LogP contribution in [0.4, 0.5) is 4.39 Å². The number of nitrogens with zero attached hydrogens (tertiary/aromatic N) is 1. The van der Waals surface area contributed by atoms with Crippen molar-refractivity contribution in [3.63, 3.8) is 0 Å². The number of benzene rings is 1. The first-order valence-corrected chi connectivity index (χ1v) is 7.12. The van der Waals surface area contributed by atoms with Gasteiger partial charge >= 0.3 is 5.97 Å². The van der Waals surface area contributed by atoms with E-state index in [1.807, 2.05) is 0 Å². The van der Waals surface area contributed by atoms with Gasteiger partial charge in [0.1, 0.15) is 16.8 Å². The Morgan fingerprint density at radius 2 is 2.05 bits per heavy atom. The average molecular weight is 289 g/mol. The van der Waals surface area contributed by atoms with Gasteiger partial charge in [0.15, 0.2) is 0 Å². The summed E-state index contributed by atoms with van der Waals surface area (Å²) in [6, 6.07) is 2.47. The van der Waals surface area contributed by atoms with Crippen molar-refractivity contribution < 1.29 is 22.7 Å². The van der Waals surface area contributed by atoms with E-state index < -0.39 is 32.7 Å². The molecule has 0 saturated heterocycles. The van der Waals surface area contributed by atoms with E-state index in [9.17, 15) is 17.6 Å². The number of hydrogen-bond acceptors (Lipinski definition) is 3. The third kappa shape index (κ3) is 3.10. The Hall–Kier alpha value is -1.47. The first-order valence-electron chi connectivity index (χ1n) is 5.68. The lowest BCUT2D eigenvalue weighted by atomic mass is 10.2. The summed E-state index contributed by atoms with van der Waals surface area (Å²) < 4.78 is 38.8. The van der Waals surface area contributed by atoms with Gasteiger partial charge in [-0.1, -0.05) is 13.0 Å². The molecular weight excluding hydrogens is 273 g/mol. The minimum atomic E-state index is -4.17. The van der Waals surface area contributed by atoms with Crippen molar-refractivity contribution in [2.75, 3.05) is 7.05 Å². The van der Waals surface area contributed by atoms with E-state index in [1.165, 1.54) is 12.1 Å². The number of aryl methyl sites for hydroxylation is 1. The molecule has 1 atom stereocenters. The highest BCUT2D eigenvalue weighted by Crippen LogP contribution is 2.22. The molecule has 1 aromatic rings. The minimum absolute atomic E-state index is 0.0957. The number of carboxylic acids is 1. The van der Waals surface area contributed by atoms with Gasteiger partial charge in [0.25, 0.3) is 0 Å². The van der Waals surface area contributed by atoms with Crippen molar-refractivity contribution in [3.05, 3.63) is 29.6 Å². The van der Waals surface area contributed by atoms with Crippen LogP contribution < -0.4 is 0 Å². The molecule has 0 heterocycles. The molecule has 1 aromatic carbocycles. The van der Waals surface area contributed by atoms with Gasteiger partial charge < -0.3 is 5.11 Å². The third-order valence-electron chi connectivity index (χ3n) is 2.85. The maximum atomic E-state index is 13.6. The lowest BCUT2D eigenvalue weighted by molar-refractivity contribution is -0.141. The fourth-order valence-electron chi connectivity index (χ4n) is 1.72. The Kier molecular flexibility index (Phi) is 4.65. The minimum Gasteiger partial charge on any atom is -0.480 e. The molecular formula is C12H16FNO4S. The van der Waals surface area contributed by atoms with Gasteiger partial charge in [-0.3, -0.25) is 4.79 Å². The van der Waals surface area contributed by atoms with E-state index in [0.29, 0.717) is 9.87 Å². The smallest absolute Gasteiger partial charge is 0.321 e. The maximum Gasteiger partial charge on any atom is 0.321 e. The molecule has 7 heteroatoms. The van der Waals surface area contributed by atoms with Crippen LogP contribution in [0.2, 0.25) is 0 Å². The molecule has 106 valence electrons. The fourth-order valence-corrected chi connectivity index (χ4v) is 3.25. The summed E-state index contributed by atoms with van der Waals surface area (Å²) >= 11 is 0. The van der Waals surface area contributed by atoms with Crippen LogP contribution in [0.15, 0.2) is 23.1 Å². The number of hydrogen-bond donors (Lipinski definition) is 1. The van der Waals surface area contributed by atoms with Crippen molar-refractivity contribution in [1.29, 1.82) is 0 Å². The Bertz CT molecular complexity index is 585. The number of rotatable bonds is 5. The van der Waals surface area contributed by atoms with Crippen LogP contribution in [-0.2, 0) is 14.8 Å². The lowest BCUT2D eigenvalue weighted by Crippen LogP contribution is -2.42. The van der Waals surface area contributed by atoms with Crippen LogP contribution in [0.3, 0.4) is 0 Å².